The zero-order chi connectivity index (χ0) is 18.0. The number of alkyl halides is 3. The van der Waals surface area contributed by atoms with Crippen LogP contribution in [0.25, 0.3) is 0 Å². The van der Waals surface area contributed by atoms with Crippen LogP contribution in [0.3, 0.4) is 0 Å². The highest BCUT2D eigenvalue weighted by atomic mass is 35.5. The van der Waals surface area contributed by atoms with Crippen LogP contribution < -0.4 is 10.5 Å². The minimum Gasteiger partial charge on any atom is -0.468 e. The number of ether oxygens (including phenoxy) is 1. The summed E-state index contributed by atoms with van der Waals surface area (Å²) in [5.41, 5.74) is 5.86. The zero-order valence-corrected chi connectivity index (χ0v) is 15.2. The van der Waals surface area contributed by atoms with Crippen LogP contribution in [-0.4, -0.2) is 49.6 Å². The number of hydrogen-bond donors (Lipinski definition) is 1. The predicted molar refractivity (Wildman–Crippen MR) is 88.2 cm³/mol. The van der Waals surface area contributed by atoms with E-state index >= 15 is 0 Å². The number of halogens is 4. The van der Waals surface area contributed by atoms with Crippen molar-refractivity contribution in [3.8, 4) is 5.88 Å². The molecule has 11 heteroatoms. The third-order valence-corrected chi connectivity index (χ3v) is 5.74. The molecule has 0 radical (unpaired) electrons. The average molecular weight is 404 g/mol. The number of nitrogens with zero attached hydrogens (tertiary/aromatic N) is 2. The Kier molecular flexibility index (Phi) is 7.48. The van der Waals surface area contributed by atoms with Crippen molar-refractivity contribution in [2.24, 2.45) is 11.7 Å². The lowest BCUT2D eigenvalue weighted by molar-refractivity contribution is -0.154. The van der Waals surface area contributed by atoms with Crippen LogP contribution in [0.1, 0.15) is 19.8 Å². The van der Waals surface area contributed by atoms with Crippen molar-refractivity contribution in [3.63, 3.8) is 0 Å². The van der Waals surface area contributed by atoms with E-state index in [1.165, 1.54) is 10.4 Å². The normalized spacial score (nSPS) is 20.6. The number of rotatable bonds is 5. The van der Waals surface area contributed by atoms with Crippen molar-refractivity contribution in [2.45, 2.75) is 36.9 Å². The molecule has 0 aliphatic carbocycles. The predicted octanol–water partition coefficient (Wildman–Crippen LogP) is 2.19. The van der Waals surface area contributed by atoms with Gasteiger partial charge in [0.2, 0.25) is 15.9 Å². The van der Waals surface area contributed by atoms with Crippen LogP contribution in [0, 0.1) is 5.92 Å². The van der Waals surface area contributed by atoms with Gasteiger partial charge in [0, 0.05) is 25.2 Å². The van der Waals surface area contributed by atoms with E-state index in [1.807, 2.05) is 6.92 Å². The van der Waals surface area contributed by atoms with Gasteiger partial charge in [-0.25, -0.2) is 13.4 Å². The number of piperidine rings is 1. The second-order valence-electron chi connectivity index (χ2n) is 5.86. The molecule has 144 valence electrons. The second kappa shape index (κ2) is 8.52. The van der Waals surface area contributed by atoms with Crippen molar-refractivity contribution in [1.82, 2.24) is 9.29 Å². The zero-order valence-electron chi connectivity index (χ0n) is 13.6. The number of sulfonamides is 1. The summed E-state index contributed by atoms with van der Waals surface area (Å²) in [5.74, 6) is -0.200. The molecule has 2 unspecified atom stereocenters. The van der Waals surface area contributed by atoms with Crippen LogP contribution in [0.4, 0.5) is 13.2 Å². The summed E-state index contributed by atoms with van der Waals surface area (Å²) in [4.78, 5) is 3.57. The summed E-state index contributed by atoms with van der Waals surface area (Å²) in [6.45, 7) is 1.08. The van der Waals surface area contributed by atoms with E-state index in [-0.39, 0.29) is 35.1 Å². The van der Waals surface area contributed by atoms with Crippen molar-refractivity contribution in [2.75, 3.05) is 19.7 Å². The molecular formula is C14H21ClF3N3O3S. The van der Waals surface area contributed by atoms with Gasteiger partial charge in [0.1, 0.15) is 4.90 Å². The van der Waals surface area contributed by atoms with Crippen molar-refractivity contribution >= 4 is 22.4 Å². The van der Waals surface area contributed by atoms with Crippen LogP contribution in [-0.2, 0) is 10.0 Å². The first-order valence-corrected chi connectivity index (χ1v) is 8.95. The maximum atomic E-state index is 12.6. The Morgan fingerprint density at radius 1 is 1.44 bits per heavy atom. The molecule has 0 amide bonds. The van der Waals surface area contributed by atoms with E-state index in [4.69, 9.17) is 5.73 Å². The molecule has 1 aliphatic heterocycles. The first-order valence-electron chi connectivity index (χ1n) is 7.51. The van der Waals surface area contributed by atoms with E-state index in [2.05, 4.69) is 9.72 Å². The highest BCUT2D eigenvalue weighted by Crippen LogP contribution is 2.25. The van der Waals surface area contributed by atoms with Crippen molar-refractivity contribution in [3.05, 3.63) is 18.3 Å². The molecule has 1 aliphatic rings. The first kappa shape index (κ1) is 21.9. The molecule has 2 rings (SSSR count). The van der Waals surface area contributed by atoms with Gasteiger partial charge in [-0.05, 0) is 31.7 Å². The average Bonchev–Trinajstić information content (AvgIpc) is 2.53. The Hall–Kier alpha value is -1.10. The van der Waals surface area contributed by atoms with Gasteiger partial charge in [0.15, 0.2) is 6.61 Å². The molecule has 6 nitrogen and oxygen atoms in total. The molecule has 1 aromatic heterocycles. The van der Waals surface area contributed by atoms with Gasteiger partial charge in [-0.2, -0.15) is 17.5 Å². The molecule has 0 saturated carbocycles. The van der Waals surface area contributed by atoms with E-state index in [1.54, 1.807) is 0 Å². The van der Waals surface area contributed by atoms with Gasteiger partial charge >= 0.3 is 6.18 Å². The molecule has 2 atom stereocenters. The summed E-state index contributed by atoms with van der Waals surface area (Å²) >= 11 is 0. The monoisotopic (exact) mass is 403 g/mol. The molecular weight excluding hydrogens is 383 g/mol. The fourth-order valence-electron chi connectivity index (χ4n) is 2.53. The fraction of sp³-hybridized carbons (Fsp3) is 0.643. The molecule has 2 N–H and O–H groups in total. The second-order valence-corrected chi connectivity index (χ2v) is 7.80. The van der Waals surface area contributed by atoms with Gasteiger partial charge in [0.25, 0.3) is 0 Å². The number of pyridine rings is 1. The summed E-state index contributed by atoms with van der Waals surface area (Å²) in [7, 11) is -3.75. The minimum absolute atomic E-state index is 0. The van der Waals surface area contributed by atoms with Crippen LogP contribution >= 0.6 is 12.4 Å². The largest absolute Gasteiger partial charge is 0.468 e. The number of nitrogens with two attached hydrogens (primary N) is 1. The molecule has 0 aromatic carbocycles. The Balaban J connectivity index is 0.00000312. The standard InChI is InChI=1S/C14H20F3N3O3S.ClH/c1-10(18)11-3-2-6-20(8-11)24(21,22)12-4-5-13(19-7-12)23-9-14(15,16)17;/h4-5,7,10-11H,2-3,6,8-9,18H2,1H3;1H. The van der Waals surface area contributed by atoms with E-state index < -0.39 is 22.8 Å². The van der Waals surface area contributed by atoms with E-state index in [0.717, 1.165) is 18.7 Å². The molecule has 0 spiro atoms. The highest BCUT2D eigenvalue weighted by molar-refractivity contribution is 7.89. The van der Waals surface area contributed by atoms with E-state index in [9.17, 15) is 21.6 Å². The highest BCUT2D eigenvalue weighted by Gasteiger charge is 2.32. The van der Waals surface area contributed by atoms with Gasteiger partial charge in [-0.15, -0.1) is 12.4 Å². The summed E-state index contributed by atoms with van der Waals surface area (Å²) in [6.07, 6.45) is -1.89. The molecule has 1 saturated heterocycles. The Morgan fingerprint density at radius 2 is 2.12 bits per heavy atom. The van der Waals surface area contributed by atoms with Crippen LogP contribution in [0.15, 0.2) is 23.2 Å². The van der Waals surface area contributed by atoms with Gasteiger partial charge < -0.3 is 10.5 Å². The molecule has 1 fully saturated rings. The molecule has 25 heavy (non-hydrogen) atoms. The topological polar surface area (TPSA) is 85.5 Å². The maximum absolute atomic E-state index is 12.6. The Bertz CT molecular complexity index is 654. The number of hydrogen-bond acceptors (Lipinski definition) is 5. The molecule has 2 heterocycles. The van der Waals surface area contributed by atoms with Gasteiger partial charge in [-0.1, -0.05) is 0 Å². The quantitative estimate of drug-likeness (QED) is 0.814. The van der Waals surface area contributed by atoms with Gasteiger partial charge in [-0.3, -0.25) is 0 Å². The number of aromatic nitrogens is 1. The third-order valence-electron chi connectivity index (χ3n) is 3.89. The van der Waals surface area contributed by atoms with Crippen molar-refractivity contribution in [1.29, 1.82) is 0 Å². The lowest BCUT2D eigenvalue weighted by Gasteiger charge is -2.33. The van der Waals surface area contributed by atoms with Crippen molar-refractivity contribution < 1.29 is 26.3 Å². The van der Waals surface area contributed by atoms with Gasteiger partial charge in [0.05, 0.1) is 6.20 Å². The third kappa shape index (κ3) is 5.98. The molecule has 1 aromatic rings. The summed E-state index contributed by atoms with van der Waals surface area (Å²) in [6, 6.07) is 2.20. The summed E-state index contributed by atoms with van der Waals surface area (Å²) < 4.78 is 67.3. The SMILES string of the molecule is CC(N)C1CCCN(S(=O)(=O)c2ccc(OCC(F)(F)F)nc2)C1.Cl. The van der Waals surface area contributed by atoms with Crippen LogP contribution in [0.2, 0.25) is 0 Å². The van der Waals surface area contributed by atoms with Crippen LogP contribution in [0.5, 0.6) is 5.88 Å². The van der Waals surface area contributed by atoms with E-state index in [0.29, 0.717) is 19.5 Å². The Morgan fingerprint density at radius 3 is 2.64 bits per heavy atom. The smallest absolute Gasteiger partial charge is 0.422 e. The first-order chi connectivity index (χ1) is 11.1. The fourth-order valence-corrected chi connectivity index (χ4v) is 4.01. The maximum Gasteiger partial charge on any atom is 0.422 e. The lowest BCUT2D eigenvalue weighted by atomic mass is 9.93. The summed E-state index contributed by atoms with van der Waals surface area (Å²) in [5, 5.41) is 0. The molecule has 0 bridgehead atoms. The Labute approximate surface area is 151 Å². The lowest BCUT2D eigenvalue weighted by Crippen LogP contribution is -2.44. The minimum atomic E-state index is -4.48.